The van der Waals surface area contributed by atoms with E-state index < -0.39 is 16.7 Å². The lowest BCUT2D eigenvalue weighted by molar-refractivity contribution is 0.484. The van der Waals surface area contributed by atoms with Crippen molar-refractivity contribution in [3.63, 3.8) is 0 Å². The van der Waals surface area contributed by atoms with E-state index in [2.05, 4.69) is 9.71 Å². The van der Waals surface area contributed by atoms with Crippen molar-refractivity contribution in [3.8, 4) is 11.1 Å². The number of hydrogen-bond acceptors (Lipinski definition) is 3. The average molecular weight is 370 g/mol. The maximum atomic E-state index is 12.8. The summed E-state index contributed by atoms with van der Waals surface area (Å²) >= 11 is 0. The fourth-order valence-electron chi connectivity index (χ4n) is 2.79. The van der Waals surface area contributed by atoms with Gasteiger partial charge in [0.25, 0.3) is 10.0 Å². The summed E-state index contributed by atoms with van der Waals surface area (Å²) in [6.45, 7) is 3.22. The zero-order chi connectivity index (χ0) is 18.7. The summed E-state index contributed by atoms with van der Waals surface area (Å²) < 4.78 is 40.4. The molecule has 0 unspecified atom stereocenters. The number of aryl methyl sites for hydroxylation is 2. The number of pyridine rings is 1. The third-order valence-corrected chi connectivity index (χ3v) is 5.55. The molecule has 4 nitrogen and oxygen atoms in total. The van der Waals surface area contributed by atoms with Crippen LogP contribution in [0.1, 0.15) is 16.7 Å². The highest BCUT2D eigenvalue weighted by molar-refractivity contribution is 7.92. The molecule has 0 radical (unpaired) electrons. The monoisotopic (exact) mass is 370 g/mol. The molecule has 0 aliphatic carbocycles. The predicted octanol–water partition coefficient (Wildman–Crippen LogP) is 4.64. The number of nitrogens with one attached hydrogen (secondary N) is 1. The van der Waals surface area contributed by atoms with Crippen molar-refractivity contribution < 1.29 is 12.8 Å². The van der Waals surface area contributed by atoms with Gasteiger partial charge in [0.15, 0.2) is 0 Å². The summed E-state index contributed by atoms with van der Waals surface area (Å²) in [4.78, 5) is 4.20. The van der Waals surface area contributed by atoms with Gasteiger partial charge in [-0.05, 0) is 66.4 Å². The predicted molar refractivity (Wildman–Crippen MR) is 101 cm³/mol. The Morgan fingerprint density at radius 3 is 2.50 bits per heavy atom. The van der Waals surface area contributed by atoms with Gasteiger partial charge in [-0.3, -0.25) is 9.71 Å². The van der Waals surface area contributed by atoms with Gasteiger partial charge in [0.1, 0.15) is 6.67 Å². The Hall–Kier alpha value is -2.73. The lowest BCUT2D eigenvalue weighted by Gasteiger charge is -2.13. The summed E-state index contributed by atoms with van der Waals surface area (Å²) in [5, 5.41) is 0. The molecule has 1 aromatic heterocycles. The van der Waals surface area contributed by atoms with Gasteiger partial charge >= 0.3 is 0 Å². The highest BCUT2D eigenvalue weighted by Gasteiger charge is 2.15. The third-order valence-electron chi connectivity index (χ3n) is 4.17. The van der Waals surface area contributed by atoms with Crippen LogP contribution in [0.3, 0.4) is 0 Å². The summed E-state index contributed by atoms with van der Waals surface area (Å²) in [6.07, 6.45) is 3.53. The first kappa shape index (κ1) is 18.1. The van der Waals surface area contributed by atoms with Crippen molar-refractivity contribution in [1.82, 2.24) is 4.98 Å². The van der Waals surface area contributed by atoms with E-state index in [1.807, 2.05) is 26.0 Å². The minimum absolute atomic E-state index is 0.0393. The molecule has 6 heteroatoms. The van der Waals surface area contributed by atoms with Crippen molar-refractivity contribution in [2.75, 3.05) is 4.72 Å². The molecule has 0 saturated carbocycles. The number of rotatable bonds is 5. The van der Waals surface area contributed by atoms with Crippen LogP contribution in [0.25, 0.3) is 11.1 Å². The molecule has 2 aromatic carbocycles. The van der Waals surface area contributed by atoms with Gasteiger partial charge in [-0.1, -0.05) is 18.2 Å². The maximum absolute atomic E-state index is 12.8. The second kappa shape index (κ2) is 7.25. The van der Waals surface area contributed by atoms with Gasteiger partial charge in [0.2, 0.25) is 0 Å². The van der Waals surface area contributed by atoms with Gasteiger partial charge in [-0.2, -0.15) is 0 Å². The van der Waals surface area contributed by atoms with Gasteiger partial charge < -0.3 is 0 Å². The van der Waals surface area contributed by atoms with Crippen LogP contribution in [-0.2, 0) is 16.7 Å². The van der Waals surface area contributed by atoms with E-state index in [0.717, 1.165) is 22.3 Å². The molecule has 0 saturated heterocycles. The van der Waals surface area contributed by atoms with E-state index in [1.165, 1.54) is 18.2 Å². The third kappa shape index (κ3) is 3.75. The second-order valence-corrected chi connectivity index (χ2v) is 7.79. The van der Waals surface area contributed by atoms with E-state index in [0.29, 0.717) is 11.3 Å². The highest BCUT2D eigenvalue weighted by Crippen LogP contribution is 2.28. The maximum Gasteiger partial charge on any atom is 0.261 e. The van der Waals surface area contributed by atoms with Gasteiger partial charge in [0, 0.05) is 23.6 Å². The number of benzene rings is 2. The molecule has 1 N–H and O–H groups in total. The first-order valence-electron chi connectivity index (χ1n) is 8.10. The van der Waals surface area contributed by atoms with Crippen molar-refractivity contribution in [2.45, 2.75) is 25.4 Å². The minimum atomic E-state index is -3.78. The molecule has 3 aromatic rings. The van der Waals surface area contributed by atoms with Crippen LogP contribution in [-0.4, -0.2) is 13.4 Å². The molecule has 0 aliphatic rings. The zero-order valence-corrected chi connectivity index (χ0v) is 15.3. The van der Waals surface area contributed by atoms with E-state index in [-0.39, 0.29) is 4.90 Å². The molecule has 0 aliphatic heterocycles. The molecule has 26 heavy (non-hydrogen) atoms. The first-order valence-corrected chi connectivity index (χ1v) is 9.58. The zero-order valence-electron chi connectivity index (χ0n) is 14.5. The van der Waals surface area contributed by atoms with Gasteiger partial charge in [-0.25, -0.2) is 12.8 Å². The Balaban J connectivity index is 1.91. The van der Waals surface area contributed by atoms with Crippen LogP contribution in [0.2, 0.25) is 0 Å². The Morgan fingerprint density at radius 1 is 1.00 bits per heavy atom. The van der Waals surface area contributed by atoms with Crippen LogP contribution < -0.4 is 4.72 Å². The Kier molecular flexibility index (Phi) is 5.04. The fraction of sp³-hybridized carbons (Fsp3) is 0.150. The van der Waals surface area contributed by atoms with E-state index in [4.69, 9.17) is 0 Å². The number of sulfonamides is 1. The number of aromatic nitrogens is 1. The highest BCUT2D eigenvalue weighted by atomic mass is 32.2. The molecule has 0 spiro atoms. The van der Waals surface area contributed by atoms with Crippen LogP contribution in [0, 0.1) is 13.8 Å². The van der Waals surface area contributed by atoms with Crippen LogP contribution in [0.5, 0.6) is 0 Å². The molecule has 0 atom stereocenters. The first-order chi connectivity index (χ1) is 12.4. The van der Waals surface area contributed by atoms with E-state index in [9.17, 15) is 12.8 Å². The van der Waals surface area contributed by atoms with Crippen molar-refractivity contribution in [1.29, 1.82) is 0 Å². The standard InChI is InChI=1S/C20H19FN2O2S/c1-14-8-9-22-13-20(14)19-7-6-17(10-15(19)2)23-26(24,25)18-5-3-4-16(11-18)12-21/h3-11,13,23H,12H2,1-2H3. The SMILES string of the molecule is Cc1cc(NS(=O)(=O)c2cccc(CF)c2)ccc1-c1cnccc1C. The quantitative estimate of drug-likeness (QED) is 0.712. The average Bonchev–Trinajstić information content (AvgIpc) is 2.62. The normalized spacial score (nSPS) is 11.3. The molecule has 134 valence electrons. The second-order valence-electron chi connectivity index (χ2n) is 6.11. The molecular weight excluding hydrogens is 351 g/mol. The largest absolute Gasteiger partial charge is 0.280 e. The van der Waals surface area contributed by atoms with Gasteiger partial charge in [-0.15, -0.1) is 0 Å². The number of halogens is 1. The molecule has 0 bridgehead atoms. The summed E-state index contributed by atoms with van der Waals surface area (Å²) in [6, 6.07) is 13.2. The lowest BCUT2D eigenvalue weighted by Crippen LogP contribution is -2.13. The number of nitrogens with zero attached hydrogens (tertiary/aromatic N) is 1. The number of anilines is 1. The number of hydrogen-bond donors (Lipinski definition) is 1. The molecule has 3 rings (SSSR count). The van der Waals surface area contributed by atoms with Crippen molar-refractivity contribution in [3.05, 3.63) is 77.6 Å². The lowest BCUT2D eigenvalue weighted by atomic mass is 9.98. The summed E-state index contributed by atoms with van der Waals surface area (Å²) in [7, 11) is -3.78. The van der Waals surface area contributed by atoms with Crippen molar-refractivity contribution in [2.24, 2.45) is 0 Å². The molecule has 1 heterocycles. The Bertz CT molecular complexity index is 1050. The minimum Gasteiger partial charge on any atom is -0.280 e. The van der Waals surface area contributed by atoms with Crippen LogP contribution >= 0.6 is 0 Å². The molecule has 0 amide bonds. The molecule has 0 fully saturated rings. The van der Waals surface area contributed by atoms with Crippen LogP contribution in [0.15, 0.2) is 65.8 Å². The van der Waals surface area contributed by atoms with Crippen molar-refractivity contribution >= 4 is 15.7 Å². The van der Waals surface area contributed by atoms with Crippen LogP contribution in [0.4, 0.5) is 10.1 Å². The number of alkyl halides is 1. The Morgan fingerprint density at radius 2 is 1.81 bits per heavy atom. The van der Waals surface area contributed by atoms with Gasteiger partial charge in [0.05, 0.1) is 4.90 Å². The smallest absolute Gasteiger partial charge is 0.261 e. The summed E-state index contributed by atoms with van der Waals surface area (Å²) in [5.41, 5.74) is 4.82. The topological polar surface area (TPSA) is 59.1 Å². The fourth-order valence-corrected chi connectivity index (χ4v) is 3.90. The summed E-state index contributed by atoms with van der Waals surface area (Å²) in [5.74, 6) is 0. The molecular formula is C20H19FN2O2S. The Labute approximate surface area is 152 Å². The van der Waals surface area contributed by atoms with E-state index in [1.54, 1.807) is 30.6 Å². The van der Waals surface area contributed by atoms with E-state index >= 15 is 0 Å².